The van der Waals surface area contributed by atoms with Gasteiger partial charge in [0.25, 0.3) is 0 Å². The molecule has 198 valence electrons. The van der Waals surface area contributed by atoms with Gasteiger partial charge < -0.3 is 19.3 Å². The van der Waals surface area contributed by atoms with Gasteiger partial charge in [0.2, 0.25) is 12.1 Å². The molecule has 0 unspecified atom stereocenters. The van der Waals surface area contributed by atoms with Gasteiger partial charge in [0, 0.05) is 34.3 Å². The van der Waals surface area contributed by atoms with Gasteiger partial charge in [-0.2, -0.15) is 0 Å². The zero-order valence-electron chi connectivity index (χ0n) is 21.4. The van der Waals surface area contributed by atoms with E-state index in [0.717, 1.165) is 11.3 Å². The summed E-state index contributed by atoms with van der Waals surface area (Å²) < 4.78 is 18.7. The summed E-state index contributed by atoms with van der Waals surface area (Å²) in [5.74, 6) is -1.63. The molecule has 7 rings (SSSR count). The number of ether oxygens (including phenoxy) is 3. The molecule has 9 atom stereocenters. The summed E-state index contributed by atoms with van der Waals surface area (Å²) in [6, 6.07) is 7.72. The highest BCUT2D eigenvalue weighted by atomic mass is 32.2. The van der Waals surface area contributed by atoms with E-state index in [1.165, 1.54) is 32.1 Å². The first-order valence-corrected chi connectivity index (χ1v) is 14.5. The Kier molecular flexibility index (Phi) is 6.66. The number of hydrogen-bond acceptors (Lipinski definition) is 8. The van der Waals surface area contributed by atoms with Gasteiger partial charge in [-0.1, -0.05) is 39.2 Å². The first-order valence-electron chi connectivity index (χ1n) is 13.6. The third-order valence-corrected chi connectivity index (χ3v) is 10.7. The molecule has 2 saturated carbocycles. The van der Waals surface area contributed by atoms with Gasteiger partial charge in [0.1, 0.15) is 0 Å². The van der Waals surface area contributed by atoms with Crippen molar-refractivity contribution in [3.05, 3.63) is 29.8 Å². The smallest absolute Gasteiger partial charge is 0.340 e. The molecule has 2 bridgehead atoms. The highest BCUT2D eigenvalue weighted by molar-refractivity contribution is 8.00. The number of aliphatic hydroxyl groups is 1. The number of benzene rings is 1. The SMILES string of the molecule is C[C@@H]1[C@H](O)C[C@H]2[C@@H](C)[C@H](OC(=O)c3cccc(SC4CCCCC4)c3)O[C@@H]3O[C@]4(C)CC[C@@H]1[C@]32OO4. The Morgan fingerprint density at radius 2 is 1.89 bits per heavy atom. The fourth-order valence-electron chi connectivity index (χ4n) is 7.21. The molecule has 6 aliphatic rings. The zero-order chi connectivity index (χ0) is 25.1. The maximum Gasteiger partial charge on any atom is 0.340 e. The van der Waals surface area contributed by atoms with Gasteiger partial charge in [-0.05, 0) is 56.7 Å². The molecule has 1 N–H and O–H groups in total. The summed E-state index contributed by atoms with van der Waals surface area (Å²) in [6.07, 6.45) is 6.32. The Hall–Kier alpha value is -1.16. The van der Waals surface area contributed by atoms with Gasteiger partial charge in [-0.15, -0.1) is 11.8 Å². The molecule has 8 heteroatoms. The highest BCUT2D eigenvalue weighted by Gasteiger charge is 2.71. The lowest BCUT2D eigenvalue weighted by Gasteiger charge is -2.60. The third-order valence-electron chi connectivity index (χ3n) is 9.36. The molecule has 0 radical (unpaired) electrons. The zero-order valence-corrected chi connectivity index (χ0v) is 22.2. The second-order valence-electron chi connectivity index (χ2n) is 11.7. The van der Waals surface area contributed by atoms with Crippen molar-refractivity contribution >= 4 is 17.7 Å². The van der Waals surface area contributed by atoms with E-state index in [4.69, 9.17) is 24.0 Å². The Morgan fingerprint density at radius 3 is 2.69 bits per heavy atom. The van der Waals surface area contributed by atoms with Crippen molar-refractivity contribution in [1.29, 1.82) is 0 Å². The van der Waals surface area contributed by atoms with Crippen LogP contribution in [0.25, 0.3) is 0 Å². The van der Waals surface area contributed by atoms with Crippen molar-refractivity contribution < 1.29 is 33.9 Å². The van der Waals surface area contributed by atoms with Crippen LogP contribution in [0.1, 0.15) is 82.5 Å². The van der Waals surface area contributed by atoms with Gasteiger partial charge >= 0.3 is 5.97 Å². The van der Waals surface area contributed by atoms with Crippen LogP contribution in [-0.4, -0.2) is 46.4 Å². The minimum atomic E-state index is -0.928. The van der Waals surface area contributed by atoms with E-state index in [-0.39, 0.29) is 23.7 Å². The number of thioether (sulfide) groups is 1. The summed E-state index contributed by atoms with van der Waals surface area (Å²) >= 11 is 1.86. The maximum atomic E-state index is 13.3. The first kappa shape index (κ1) is 25.1. The van der Waals surface area contributed by atoms with Crippen molar-refractivity contribution in [3.8, 4) is 0 Å². The first-order chi connectivity index (χ1) is 17.3. The van der Waals surface area contributed by atoms with Crippen molar-refractivity contribution in [1.82, 2.24) is 0 Å². The Balaban J connectivity index is 1.22. The molecule has 1 aromatic carbocycles. The lowest BCUT2D eigenvalue weighted by atomic mass is 9.57. The second-order valence-corrected chi connectivity index (χ2v) is 13.1. The molecule has 4 saturated heterocycles. The van der Waals surface area contributed by atoms with Gasteiger partial charge in [-0.25, -0.2) is 14.6 Å². The minimum Gasteiger partial charge on any atom is -0.432 e. The quantitative estimate of drug-likeness (QED) is 0.416. The third kappa shape index (κ3) is 4.22. The van der Waals surface area contributed by atoms with Crippen LogP contribution in [0.3, 0.4) is 0 Å². The molecule has 2 aliphatic carbocycles. The maximum absolute atomic E-state index is 13.3. The summed E-state index contributed by atoms with van der Waals surface area (Å²) in [4.78, 5) is 26.3. The van der Waals surface area contributed by atoms with E-state index < -0.39 is 36.0 Å². The summed E-state index contributed by atoms with van der Waals surface area (Å²) in [5, 5.41) is 11.6. The number of fused-ring (bicyclic) bond motifs is 2. The van der Waals surface area contributed by atoms with E-state index in [0.29, 0.717) is 23.7 Å². The standard InChI is InChI=1S/C28H38O7S/c1-16-21-12-13-27(3)33-26-28(21,35-34-27)22(15-23(16)29)17(2)25(32-26)31-24(30)18-8-7-11-20(14-18)36-19-9-5-4-6-10-19/h7-8,11,14,16-17,19,21-23,25-26,29H,4-6,9-10,12-13,15H2,1-3H3/t16-,17+,21-,22-,23+,25+,26+,27-,28+/m0/s1. The van der Waals surface area contributed by atoms with E-state index in [2.05, 4.69) is 13.0 Å². The van der Waals surface area contributed by atoms with Gasteiger partial charge in [-0.3, -0.25) is 0 Å². The van der Waals surface area contributed by atoms with Crippen LogP contribution in [0, 0.1) is 23.7 Å². The van der Waals surface area contributed by atoms with Crippen LogP contribution >= 0.6 is 11.8 Å². The fourth-order valence-corrected chi connectivity index (χ4v) is 8.51. The highest BCUT2D eigenvalue weighted by Crippen LogP contribution is 2.60. The minimum absolute atomic E-state index is 0.0215. The monoisotopic (exact) mass is 518 g/mol. The molecule has 4 heterocycles. The summed E-state index contributed by atoms with van der Waals surface area (Å²) in [7, 11) is 0. The van der Waals surface area contributed by atoms with Crippen LogP contribution < -0.4 is 0 Å². The predicted octanol–water partition coefficient (Wildman–Crippen LogP) is 5.45. The number of aliphatic hydroxyl groups excluding tert-OH is 1. The Bertz CT molecular complexity index is 978. The van der Waals surface area contributed by atoms with Crippen LogP contribution in [0.2, 0.25) is 0 Å². The van der Waals surface area contributed by atoms with Crippen molar-refractivity contribution in [2.75, 3.05) is 0 Å². The molecule has 6 fully saturated rings. The molecule has 7 nitrogen and oxygen atoms in total. The van der Waals surface area contributed by atoms with Crippen LogP contribution in [-0.2, 0) is 24.0 Å². The molecule has 0 aromatic heterocycles. The average molecular weight is 519 g/mol. The lowest BCUT2D eigenvalue weighted by molar-refractivity contribution is -0.577. The Morgan fingerprint density at radius 1 is 1.08 bits per heavy atom. The largest absolute Gasteiger partial charge is 0.432 e. The van der Waals surface area contributed by atoms with Crippen molar-refractivity contribution in [2.24, 2.45) is 23.7 Å². The molecule has 36 heavy (non-hydrogen) atoms. The topological polar surface area (TPSA) is 83.5 Å². The molecule has 1 aromatic rings. The van der Waals surface area contributed by atoms with E-state index in [1.807, 2.05) is 37.7 Å². The van der Waals surface area contributed by atoms with Gasteiger partial charge in [0.05, 0.1) is 11.7 Å². The van der Waals surface area contributed by atoms with Gasteiger partial charge in [0.15, 0.2) is 11.9 Å². The molecular formula is C28H38O7S. The summed E-state index contributed by atoms with van der Waals surface area (Å²) in [5.41, 5.74) is -0.301. The number of hydrogen-bond donors (Lipinski definition) is 1. The van der Waals surface area contributed by atoms with E-state index in [1.54, 1.807) is 6.07 Å². The fraction of sp³-hybridized carbons (Fsp3) is 0.750. The number of carbonyl (C=O) groups is 1. The lowest BCUT2D eigenvalue weighted by Crippen LogP contribution is -2.72. The number of carbonyl (C=O) groups excluding carboxylic acids is 1. The number of esters is 1. The summed E-state index contributed by atoms with van der Waals surface area (Å²) in [6.45, 7) is 5.92. The van der Waals surface area contributed by atoms with Crippen molar-refractivity contribution in [3.63, 3.8) is 0 Å². The van der Waals surface area contributed by atoms with Crippen molar-refractivity contribution in [2.45, 2.75) is 112 Å². The predicted molar refractivity (Wildman–Crippen MR) is 133 cm³/mol. The number of rotatable bonds is 4. The second kappa shape index (κ2) is 9.54. The van der Waals surface area contributed by atoms with E-state index >= 15 is 0 Å². The van der Waals surface area contributed by atoms with E-state index in [9.17, 15) is 9.90 Å². The molecule has 4 aliphatic heterocycles. The van der Waals surface area contributed by atoms with Crippen LogP contribution in [0.15, 0.2) is 29.2 Å². The molecule has 0 amide bonds. The molecular weight excluding hydrogens is 480 g/mol. The Labute approximate surface area is 217 Å². The van der Waals surface area contributed by atoms with Crippen LogP contribution in [0.5, 0.6) is 0 Å². The average Bonchev–Trinajstić information content (AvgIpc) is 3.10. The van der Waals surface area contributed by atoms with Crippen LogP contribution in [0.4, 0.5) is 0 Å². The molecule has 1 spiro atoms. The normalized spacial score (nSPS) is 44.5.